The number of halogens is 5. The summed E-state index contributed by atoms with van der Waals surface area (Å²) in [5, 5.41) is 55.9. The molecule has 0 spiro atoms. The van der Waals surface area contributed by atoms with Gasteiger partial charge in [0, 0.05) is 75.2 Å². The number of benzene rings is 6. The number of nitrogens with zero attached hydrogens (tertiary/aromatic N) is 25. The minimum atomic E-state index is -3.38. The number of rotatable bonds is 26. The Labute approximate surface area is 655 Å². The van der Waals surface area contributed by atoms with E-state index in [1.807, 2.05) is 0 Å². The van der Waals surface area contributed by atoms with E-state index < -0.39 is 107 Å². The maximum Gasteiger partial charge on any atom is 0.297 e. The van der Waals surface area contributed by atoms with E-state index in [2.05, 4.69) is 72.5 Å². The molecule has 0 N–H and O–H groups in total. The lowest BCUT2D eigenvalue weighted by Crippen LogP contribution is -2.75. The van der Waals surface area contributed by atoms with Crippen LogP contribution in [0.15, 0.2) is 162 Å². The zero-order valence-electron chi connectivity index (χ0n) is 62.1. The number of anilines is 1. The van der Waals surface area contributed by atoms with Gasteiger partial charge in [-0.2, -0.15) is 5.01 Å². The van der Waals surface area contributed by atoms with Crippen LogP contribution in [-0.2, 0) is 38.4 Å². The Morgan fingerprint density at radius 3 is 1.63 bits per heavy atom. The summed E-state index contributed by atoms with van der Waals surface area (Å²) in [6.07, 6.45) is -0.859. The molecule has 5 unspecified atom stereocenters. The van der Waals surface area contributed by atoms with Gasteiger partial charge >= 0.3 is 0 Å². The molecule has 9 heterocycles. The molecule has 4 fully saturated rings. The minimum absolute atomic E-state index is 0.00916. The van der Waals surface area contributed by atoms with Gasteiger partial charge in [-0.25, -0.2) is 26.8 Å². The van der Waals surface area contributed by atoms with Crippen LogP contribution in [0.25, 0.3) is 45.6 Å². The third kappa shape index (κ3) is 17.1. The molecule has 4 aromatic heterocycles. The van der Waals surface area contributed by atoms with E-state index in [4.69, 9.17) is 24.2 Å². The Kier molecular flexibility index (Phi) is 24.5. The number of hydrogen-bond acceptors (Lipinski definition) is 28. The molecule has 6 aromatic carbocycles. The molecule has 5 aliphatic rings. The van der Waals surface area contributed by atoms with Crippen molar-refractivity contribution in [1.82, 2.24) is 111 Å². The number of hydrogen-bond donors (Lipinski definition) is 0. The number of carbonyl (C=O) groups excluding carboxylic acids is 7. The van der Waals surface area contributed by atoms with Crippen LogP contribution in [0.4, 0.5) is 27.6 Å². The molecule has 0 saturated carbocycles. The normalized spacial score (nSPS) is 17.3. The maximum atomic E-state index is 17.3. The first-order chi connectivity index (χ1) is 56.4. The third-order valence-corrected chi connectivity index (χ3v) is 19.9. The van der Waals surface area contributed by atoms with Crippen LogP contribution in [0.1, 0.15) is 88.8 Å². The summed E-state index contributed by atoms with van der Waals surface area (Å²) in [6.45, 7) is -0.0368. The van der Waals surface area contributed by atoms with Crippen molar-refractivity contribution in [1.29, 1.82) is 0 Å². The zero-order chi connectivity index (χ0) is 80.8. The molecule has 10 aromatic rings. The predicted molar refractivity (Wildman–Crippen MR) is 388 cm³/mol. The van der Waals surface area contributed by atoms with Gasteiger partial charge in [0.1, 0.15) is 29.1 Å². The molecule has 0 radical (unpaired) electrons. The molecule has 5 amide bonds. The average Bonchev–Trinajstić information content (AvgIpc) is 0.959. The maximum absolute atomic E-state index is 17.3. The van der Waals surface area contributed by atoms with Crippen LogP contribution in [0.2, 0.25) is 0 Å². The average molecular weight is 1600 g/mol. The number of likely N-dealkylation sites (N-methyl/N-ethyl adjacent to an activating group) is 1. The van der Waals surface area contributed by atoms with Gasteiger partial charge < -0.3 is 43.8 Å². The van der Waals surface area contributed by atoms with Gasteiger partial charge in [0.15, 0.2) is 19.4 Å². The van der Waals surface area contributed by atoms with Gasteiger partial charge in [-0.05, 0) is 208 Å². The highest BCUT2D eigenvalue weighted by Crippen LogP contribution is 2.44. The monoisotopic (exact) mass is 1600 g/mol. The number of para-hydroxylation sites is 1. The first kappa shape index (κ1) is 79.0. The fraction of sp³-hybridized carbons (Fsp3) is 0.365. The van der Waals surface area contributed by atoms with Crippen molar-refractivity contribution in [3.63, 3.8) is 0 Å². The second-order valence-electron chi connectivity index (χ2n) is 27.3. The number of amides is 5. The lowest BCUT2D eigenvalue weighted by molar-refractivity contribution is -0.310. The third-order valence-electron chi connectivity index (χ3n) is 19.9. The standard InChI is InChI=1S/C60H58F4N20O10.C14H16FN5O2/c1-76(40-22-5-2-6-23-40)58(90)59(93-83-53(67-70-73-83)42-25-8-11-28-45(42)63)80-54(43-26-9-12-29-46(43)64)84(75-74-80)94-60(49(86)56(88)77-31-14-3-15-32-77,50(57(89)78-33-16-4-17-34-78)92-82-51(65-68-72-82)38-20-19-21-39(61)36-38)48-30-13-18-35-79(48)55(87)47(85)37-91-81-52(66-69-71-81)41-24-7-10-27-44(41)62;15-12-6-4-11(5-7-12)14-16-17-18-20(14)22-10-13(21)19-8-2-1-3-9-19/h2,5-12,19-29,36,48,50,54,59H,3-4,13-18,30-35,37H2,1H3;4-7H,1-3,8-10H2. The highest BCUT2D eigenvalue weighted by Gasteiger charge is 2.67. The van der Waals surface area contributed by atoms with Gasteiger partial charge in [0.2, 0.25) is 35.0 Å². The van der Waals surface area contributed by atoms with E-state index >= 15 is 41.5 Å². The van der Waals surface area contributed by atoms with E-state index in [0.717, 1.165) is 82.3 Å². The molecule has 602 valence electrons. The lowest BCUT2D eigenvalue weighted by atomic mass is 9.77. The van der Waals surface area contributed by atoms with Gasteiger partial charge in [-0.15, -0.1) is 25.6 Å². The first-order valence-corrected chi connectivity index (χ1v) is 37.2. The Bertz CT molecular complexity index is 5180. The predicted octanol–water partition coefficient (Wildman–Crippen LogP) is 4.98. The van der Waals surface area contributed by atoms with Crippen molar-refractivity contribution in [2.45, 2.75) is 107 Å². The summed E-state index contributed by atoms with van der Waals surface area (Å²) in [5.74, 6) is -12.1. The summed E-state index contributed by atoms with van der Waals surface area (Å²) in [4.78, 5) is 147. The number of carbonyl (C=O) groups is 7. The highest BCUT2D eigenvalue weighted by molar-refractivity contribution is 6.41. The molecule has 0 aliphatic carbocycles. The van der Waals surface area contributed by atoms with Crippen LogP contribution in [0, 0.1) is 29.1 Å². The summed E-state index contributed by atoms with van der Waals surface area (Å²) in [5.41, 5.74) is -3.26. The fourth-order valence-corrected chi connectivity index (χ4v) is 14.1. The Balaban J connectivity index is 0.000000432. The lowest BCUT2D eigenvalue weighted by Gasteiger charge is -2.50. The van der Waals surface area contributed by atoms with E-state index in [1.165, 1.54) is 95.7 Å². The number of tetrazole rings is 4. The number of hydroxylamine groups is 1. The number of Topliss-reactive ketones (excluding diaryl/α,β-unsaturated/α-hetero) is 2. The van der Waals surface area contributed by atoms with Crippen LogP contribution in [0.5, 0.6) is 0 Å². The van der Waals surface area contributed by atoms with E-state index in [9.17, 15) is 14.0 Å². The molecule has 5 atom stereocenters. The first-order valence-electron chi connectivity index (χ1n) is 37.2. The number of piperidine rings is 4. The zero-order valence-corrected chi connectivity index (χ0v) is 62.1. The van der Waals surface area contributed by atoms with E-state index in [0.29, 0.717) is 69.6 Å². The Hall–Kier alpha value is -13.7. The molecule has 42 heteroatoms. The highest BCUT2D eigenvalue weighted by atomic mass is 19.1. The van der Waals surface area contributed by atoms with Gasteiger partial charge in [0.05, 0.1) is 17.2 Å². The summed E-state index contributed by atoms with van der Waals surface area (Å²) >= 11 is 0. The Morgan fingerprint density at radius 1 is 0.483 bits per heavy atom. The molecule has 5 aliphatic heterocycles. The second kappa shape index (κ2) is 36.0. The van der Waals surface area contributed by atoms with Gasteiger partial charge in [-0.3, -0.25) is 33.6 Å². The number of aromatic nitrogens is 16. The van der Waals surface area contributed by atoms with Crippen LogP contribution < -0.4 is 24.3 Å². The number of ketones is 2. The topological polar surface area (TPSA) is 387 Å². The van der Waals surface area contributed by atoms with Crippen LogP contribution in [0.3, 0.4) is 0 Å². The van der Waals surface area contributed by atoms with E-state index in [1.54, 1.807) is 47.4 Å². The Morgan fingerprint density at radius 2 is 1.01 bits per heavy atom. The summed E-state index contributed by atoms with van der Waals surface area (Å²) in [6, 6.07) is 32.6. The van der Waals surface area contributed by atoms with Crippen molar-refractivity contribution >= 4 is 46.8 Å². The van der Waals surface area contributed by atoms with Gasteiger partial charge in [0.25, 0.3) is 47.3 Å². The minimum Gasteiger partial charge on any atom is -0.385 e. The molecular weight excluding hydrogens is 1530 g/mol. The molecule has 37 nitrogen and oxygen atoms in total. The fourth-order valence-electron chi connectivity index (χ4n) is 14.1. The SMILES string of the molecule is CN(C(=O)C(On1nnnc1-c1ccccc1F)N1N=NN(OC(C(=O)C(=O)N2CCCCC2)(C(On2nnnc2-c2cccc(F)c2)C(=O)N2CCCCC2)C2CCCCN2C(=O)C(=O)COn2nnnc2-c2ccccc2F)C1c1ccccc1F)c1ccccc1.O=C(COn1nnnc1-c1ccc(F)cc1)N1CCCCC1. The van der Waals surface area contributed by atoms with Gasteiger partial charge in [-0.1, -0.05) is 92.2 Å². The van der Waals surface area contributed by atoms with Crippen molar-refractivity contribution in [2.24, 2.45) is 10.4 Å². The van der Waals surface area contributed by atoms with Crippen molar-refractivity contribution in [3.8, 4) is 45.6 Å². The summed E-state index contributed by atoms with van der Waals surface area (Å²) in [7, 11) is 1.37. The number of likely N-dealkylation sites (tertiary alicyclic amines) is 4. The smallest absolute Gasteiger partial charge is 0.297 e. The molecule has 4 saturated heterocycles. The van der Waals surface area contributed by atoms with Crippen molar-refractivity contribution < 1.29 is 79.7 Å². The molecular formula is C74H74F5N25O12. The molecule has 116 heavy (non-hydrogen) atoms. The van der Waals surface area contributed by atoms with Crippen LogP contribution in [-0.4, -0.2) is 242 Å². The van der Waals surface area contributed by atoms with Crippen molar-refractivity contribution in [3.05, 3.63) is 186 Å². The molecule has 15 rings (SSSR count). The largest absolute Gasteiger partial charge is 0.385 e. The van der Waals surface area contributed by atoms with E-state index in [-0.39, 0.29) is 104 Å². The second-order valence-corrected chi connectivity index (χ2v) is 27.3. The van der Waals surface area contributed by atoms with Crippen LogP contribution >= 0.6 is 0 Å². The summed E-state index contributed by atoms with van der Waals surface area (Å²) < 4.78 is 76.2. The van der Waals surface area contributed by atoms with Crippen molar-refractivity contribution in [2.75, 3.05) is 71.0 Å². The quantitative estimate of drug-likeness (QED) is 0.0509. The molecule has 0 bridgehead atoms.